The van der Waals surface area contributed by atoms with Crippen LogP contribution in [0.4, 0.5) is 19.0 Å². The number of rotatable bonds is 4. The third-order valence-electron chi connectivity index (χ3n) is 4.20. The first kappa shape index (κ1) is 20.6. The molecule has 11 heteroatoms. The standard InChI is InChI=1S/C17H15ClF3N3O3S/c18-14-9-12(17(19,20)21)10-22-15(14)23-16(25)11-4-3-5-13(8-11)28(26,27)24-6-1-2-7-24/h3-5,8-10H,1-2,6-7H2,(H,22,23,25). The van der Waals surface area contributed by atoms with Crippen molar-refractivity contribution in [1.82, 2.24) is 9.29 Å². The van der Waals surface area contributed by atoms with Gasteiger partial charge in [0.15, 0.2) is 5.82 Å². The molecule has 1 saturated heterocycles. The predicted molar refractivity (Wildman–Crippen MR) is 96.6 cm³/mol. The number of benzene rings is 1. The summed E-state index contributed by atoms with van der Waals surface area (Å²) in [5.74, 6) is -1.000. The highest BCUT2D eigenvalue weighted by molar-refractivity contribution is 7.89. The Labute approximate surface area is 164 Å². The lowest BCUT2D eigenvalue weighted by Crippen LogP contribution is -2.28. The van der Waals surface area contributed by atoms with Gasteiger partial charge < -0.3 is 5.32 Å². The maximum absolute atomic E-state index is 12.7. The van der Waals surface area contributed by atoms with Gasteiger partial charge in [-0.2, -0.15) is 17.5 Å². The van der Waals surface area contributed by atoms with E-state index in [1.54, 1.807) is 0 Å². The minimum Gasteiger partial charge on any atom is -0.305 e. The smallest absolute Gasteiger partial charge is 0.305 e. The third-order valence-corrected chi connectivity index (χ3v) is 6.38. The topological polar surface area (TPSA) is 79.4 Å². The number of hydrogen-bond donors (Lipinski definition) is 1. The van der Waals surface area contributed by atoms with Crippen LogP contribution in [0.15, 0.2) is 41.4 Å². The zero-order chi connectivity index (χ0) is 20.5. The Kier molecular flexibility index (Phi) is 5.64. The van der Waals surface area contributed by atoms with Crippen molar-refractivity contribution < 1.29 is 26.4 Å². The Morgan fingerprint density at radius 3 is 2.46 bits per heavy atom. The SMILES string of the molecule is O=C(Nc1ncc(C(F)(F)F)cc1Cl)c1cccc(S(=O)(=O)N2CCCC2)c1. The first-order valence-electron chi connectivity index (χ1n) is 8.23. The summed E-state index contributed by atoms with van der Waals surface area (Å²) in [7, 11) is -3.71. The molecule has 1 aromatic heterocycles. The fourth-order valence-electron chi connectivity index (χ4n) is 2.74. The van der Waals surface area contributed by atoms with Gasteiger partial charge in [-0.25, -0.2) is 13.4 Å². The maximum Gasteiger partial charge on any atom is 0.417 e. The van der Waals surface area contributed by atoms with Crippen molar-refractivity contribution in [2.75, 3.05) is 18.4 Å². The predicted octanol–water partition coefficient (Wildman–Crippen LogP) is 3.79. The number of pyridine rings is 1. The van der Waals surface area contributed by atoms with E-state index in [9.17, 15) is 26.4 Å². The average molecular weight is 434 g/mol. The molecule has 1 aromatic carbocycles. The summed E-state index contributed by atoms with van der Waals surface area (Å²) < 4.78 is 64.6. The highest BCUT2D eigenvalue weighted by Crippen LogP contribution is 2.32. The van der Waals surface area contributed by atoms with E-state index in [0.717, 1.165) is 12.8 Å². The molecule has 1 aliphatic heterocycles. The van der Waals surface area contributed by atoms with Crippen LogP contribution in [0.1, 0.15) is 28.8 Å². The van der Waals surface area contributed by atoms with Gasteiger partial charge in [0, 0.05) is 24.8 Å². The zero-order valence-electron chi connectivity index (χ0n) is 14.3. The molecule has 6 nitrogen and oxygen atoms in total. The van der Waals surface area contributed by atoms with Crippen molar-refractivity contribution in [3.05, 3.63) is 52.7 Å². The van der Waals surface area contributed by atoms with Gasteiger partial charge in [-0.3, -0.25) is 4.79 Å². The second-order valence-corrected chi connectivity index (χ2v) is 8.49. The number of anilines is 1. The summed E-state index contributed by atoms with van der Waals surface area (Å²) in [5, 5.41) is 1.91. The maximum atomic E-state index is 12.7. The Hall–Kier alpha value is -2.17. The Morgan fingerprint density at radius 2 is 1.86 bits per heavy atom. The molecule has 1 fully saturated rings. The number of sulfonamides is 1. The van der Waals surface area contributed by atoms with Crippen molar-refractivity contribution in [3.63, 3.8) is 0 Å². The number of halogens is 4. The molecular weight excluding hydrogens is 419 g/mol. The summed E-state index contributed by atoms with van der Waals surface area (Å²) in [6.07, 6.45) is -2.51. The fourth-order valence-corrected chi connectivity index (χ4v) is 4.52. The van der Waals surface area contributed by atoms with Gasteiger partial charge in [-0.15, -0.1) is 0 Å². The highest BCUT2D eigenvalue weighted by Gasteiger charge is 2.32. The molecule has 0 spiro atoms. The number of nitrogens with zero attached hydrogens (tertiary/aromatic N) is 2. The van der Waals surface area contributed by atoms with E-state index in [2.05, 4.69) is 10.3 Å². The second-order valence-electron chi connectivity index (χ2n) is 6.15. The molecule has 1 N–H and O–H groups in total. The molecule has 3 rings (SSSR count). The molecule has 0 radical (unpaired) electrons. The molecule has 0 aliphatic carbocycles. The average Bonchev–Trinajstić information content (AvgIpc) is 3.18. The Balaban J connectivity index is 1.82. The lowest BCUT2D eigenvalue weighted by Gasteiger charge is -2.16. The first-order chi connectivity index (χ1) is 13.1. The minimum absolute atomic E-state index is 0.0121. The minimum atomic E-state index is -4.61. The van der Waals surface area contributed by atoms with Crippen LogP contribution in [0, 0.1) is 0 Å². The van der Waals surface area contributed by atoms with Gasteiger partial charge >= 0.3 is 6.18 Å². The molecule has 0 bridgehead atoms. The molecule has 150 valence electrons. The normalized spacial score (nSPS) is 15.6. The second kappa shape index (κ2) is 7.69. The van der Waals surface area contributed by atoms with Gasteiger partial charge in [0.25, 0.3) is 5.91 Å². The number of carbonyl (C=O) groups excluding carboxylic acids is 1. The number of amides is 1. The molecule has 0 atom stereocenters. The van der Waals surface area contributed by atoms with Crippen molar-refractivity contribution in [1.29, 1.82) is 0 Å². The molecule has 28 heavy (non-hydrogen) atoms. The fraction of sp³-hybridized carbons (Fsp3) is 0.294. The van der Waals surface area contributed by atoms with Crippen molar-refractivity contribution >= 4 is 33.3 Å². The van der Waals surface area contributed by atoms with Crippen LogP contribution < -0.4 is 5.32 Å². The summed E-state index contributed by atoms with van der Waals surface area (Å²) in [4.78, 5) is 15.9. The van der Waals surface area contributed by atoms with Gasteiger partial charge in [0.2, 0.25) is 10.0 Å². The molecular formula is C17H15ClF3N3O3S. The van der Waals surface area contributed by atoms with E-state index in [-0.39, 0.29) is 21.3 Å². The van der Waals surface area contributed by atoms with Crippen LogP contribution in [0.25, 0.3) is 0 Å². The number of hydrogen-bond acceptors (Lipinski definition) is 4. The highest BCUT2D eigenvalue weighted by atomic mass is 35.5. The van der Waals surface area contributed by atoms with Gasteiger partial charge in [-0.1, -0.05) is 17.7 Å². The van der Waals surface area contributed by atoms with Crippen molar-refractivity contribution in [3.8, 4) is 0 Å². The molecule has 2 heterocycles. The largest absolute Gasteiger partial charge is 0.417 e. The molecule has 0 unspecified atom stereocenters. The van der Waals surface area contributed by atoms with E-state index < -0.39 is 27.7 Å². The molecule has 0 saturated carbocycles. The molecule has 1 amide bonds. The van der Waals surface area contributed by atoms with Gasteiger partial charge in [0.1, 0.15) is 0 Å². The number of nitrogens with one attached hydrogen (secondary N) is 1. The monoisotopic (exact) mass is 433 g/mol. The van der Waals surface area contributed by atoms with Crippen LogP contribution in [0.2, 0.25) is 5.02 Å². The van der Waals surface area contributed by atoms with Crippen LogP contribution in [0.5, 0.6) is 0 Å². The van der Waals surface area contributed by atoms with Crippen LogP contribution in [-0.4, -0.2) is 36.7 Å². The Morgan fingerprint density at radius 1 is 1.18 bits per heavy atom. The van der Waals surface area contributed by atoms with Crippen LogP contribution in [-0.2, 0) is 16.2 Å². The Bertz CT molecular complexity index is 1010. The van der Waals surface area contributed by atoms with E-state index in [1.807, 2.05) is 0 Å². The summed E-state index contributed by atoms with van der Waals surface area (Å²) in [6, 6.07) is 6.04. The van der Waals surface area contributed by atoms with Gasteiger partial charge in [0.05, 0.1) is 15.5 Å². The van der Waals surface area contributed by atoms with Crippen LogP contribution in [0.3, 0.4) is 0 Å². The number of carbonyl (C=O) groups is 1. The van der Waals surface area contributed by atoms with Gasteiger partial charge in [-0.05, 0) is 37.1 Å². The summed E-state index contributed by atoms with van der Waals surface area (Å²) in [6.45, 7) is 0.841. The lowest BCUT2D eigenvalue weighted by atomic mass is 10.2. The molecule has 1 aliphatic rings. The number of alkyl halides is 3. The van der Waals surface area contributed by atoms with Crippen molar-refractivity contribution in [2.24, 2.45) is 0 Å². The number of aromatic nitrogens is 1. The van der Waals surface area contributed by atoms with E-state index in [4.69, 9.17) is 11.6 Å². The quantitative estimate of drug-likeness (QED) is 0.795. The zero-order valence-corrected chi connectivity index (χ0v) is 15.9. The molecule has 2 aromatic rings. The van der Waals surface area contributed by atoms with E-state index in [1.165, 1.54) is 28.6 Å². The van der Waals surface area contributed by atoms with Crippen molar-refractivity contribution in [2.45, 2.75) is 23.9 Å². The summed E-state index contributed by atoms with van der Waals surface area (Å²) >= 11 is 5.78. The third kappa shape index (κ3) is 4.29. The summed E-state index contributed by atoms with van der Waals surface area (Å²) in [5.41, 5.74) is -1.03. The first-order valence-corrected chi connectivity index (χ1v) is 10.0. The van der Waals surface area contributed by atoms with E-state index in [0.29, 0.717) is 25.4 Å². The van der Waals surface area contributed by atoms with Crippen LogP contribution >= 0.6 is 11.6 Å². The van der Waals surface area contributed by atoms with E-state index >= 15 is 0 Å². The lowest BCUT2D eigenvalue weighted by molar-refractivity contribution is -0.137.